The quantitative estimate of drug-likeness (QED) is 0.432. The lowest BCUT2D eigenvalue weighted by molar-refractivity contribution is -0.228. The Kier molecular flexibility index (Phi) is 6.45. The van der Waals surface area contributed by atoms with E-state index in [-0.39, 0.29) is 6.10 Å². The monoisotopic (exact) mass is 462 g/mol. The molecule has 0 aromatic carbocycles. The standard InChI is InChI=1S/C30H54O3/c1-19(9-12-25(32)26(3,4)33)21-13-15-29(7)24-11-10-22-20(2)23(31)14-16-27(22,5)30(24,8)18-17-28(21,29)6/h19-25,31-33H,9-18H2,1-8H3. The van der Waals surface area contributed by atoms with Gasteiger partial charge in [0.05, 0.1) is 17.8 Å². The molecule has 0 radical (unpaired) electrons. The molecule has 11 unspecified atom stereocenters. The van der Waals surface area contributed by atoms with E-state index in [4.69, 9.17) is 0 Å². The largest absolute Gasteiger partial charge is 0.393 e. The highest BCUT2D eigenvalue weighted by atomic mass is 16.3. The predicted molar refractivity (Wildman–Crippen MR) is 136 cm³/mol. The first kappa shape index (κ1) is 26.0. The Labute approximate surface area is 204 Å². The Morgan fingerprint density at radius 1 is 0.818 bits per heavy atom. The number of rotatable bonds is 5. The molecular weight excluding hydrogens is 408 g/mol. The summed E-state index contributed by atoms with van der Waals surface area (Å²) in [6.45, 7) is 18.7. The summed E-state index contributed by atoms with van der Waals surface area (Å²) in [4.78, 5) is 0. The van der Waals surface area contributed by atoms with Crippen molar-refractivity contribution in [2.45, 2.75) is 137 Å². The van der Waals surface area contributed by atoms with Crippen molar-refractivity contribution in [2.24, 2.45) is 51.2 Å². The third-order valence-corrected chi connectivity index (χ3v) is 13.3. The molecule has 4 aliphatic rings. The molecule has 0 aromatic rings. The molecule has 3 N–H and O–H groups in total. The fourth-order valence-corrected chi connectivity index (χ4v) is 10.5. The molecule has 4 aliphatic carbocycles. The van der Waals surface area contributed by atoms with Gasteiger partial charge in [-0.25, -0.2) is 0 Å². The van der Waals surface area contributed by atoms with Gasteiger partial charge in [0.25, 0.3) is 0 Å². The van der Waals surface area contributed by atoms with Crippen LogP contribution in [0.1, 0.15) is 120 Å². The molecular formula is C30H54O3. The molecule has 4 rings (SSSR count). The van der Waals surface area contributed by atoms with E-state index >= 15 is 0 Å². The summed E-state index contributed by atoms with van der Waals surface area (Å²) in [6, 6.07) is 0. The van der Waals surface area contributed by atoms with Crippen LogP contribution in [-0.4, -0.2) is 33.1 Å². The van der Waals surface area contributed by atoms with E-state index < -0.39 is 11.7 Å². The van der Waals surface area contributed by atoms with Gasteiger partial charge in [0.1, 0.15) is 0 Å². The van der Waals surface area contributed by atoms with Crippen LogP contribution in [0.3, 0.4) is 0 Å². The lowest BCUT2D eigenvalue weighted by Gasteiger charge is -2.71. The van der Waals surface area contributed by atoms with Gasteiger partial charge in [-0.1, -0.05) is 41.5 Å². The van der Waals surface area contributed by atoms with Crippen molar-refractivity contribution in [1.29, 1.82) is 0 Å². The zero-order valence-corrected chi connectivity index (χ0v) is 23.0. The van der Waals surface area contributed by atoms with Gasteiger partial charge in [-0.2, -0.15) is 0 Å². The minimum Gasteiger partial charge on any atom is -0.393 e. The molecule has 192 valence electrons. The average molecular weight is 463 g/mol. The molecule has 11 atom stereocenters. The van der Waals surface area contributed by atoms with Gasteiger partial charge in [0.15, 0.2) is 0 Å². The average Bonchev–Trinajstić information content (AvgIpc) is 3.01. The third-order valence-electron chi connectivity index (χ3n) is 13.3. The van der Waals surface area contributed by atoms with Crippen molar-refractivity contribution in [3.8, 4) is 0 Å². The Morgan fingerprint density at radius 2 is 1.39 bits per heavy atom. The smallest absolute Gasteiger partial charge is 0.0849 e. The number of aliphatic hydroxyl groups is 3. The predicted octanol–water partition coefficient (Wildman–Crippen LogP) is 6.58. The highest BCUT2D eigenvalue weighted by Crippen LogP contribution is 2.77. The first-order valence-electron chi connectivity index (χ1n) is 14.2. The Morgan fingerprint density at radius 3 is 2.03 bits per heavy atom. The van der Waals surface area contributed by atoms with Crippen molar-refractivity contribution in [3.05, 3.63) is 0 Å². The normalized spacial score (nSPS) is 51.9. The van der Waals surface area contributed by atoms with Gasteiger partial charge < -0.3 is 15.3 Å². The Hall–Kier alpha value is -0.120. The zero-order chi connectivity index (χ0) is 24.6. The molecule has 33 heavy (non-hydrogen) atoms. The SMILES string of the molecule is CC(CCC(O)C(C)(C)O)C1CCC2(C)C3CCC4C(C)C(O)CCC4(C)C3(C)CCC12C. The lowest BCUT2D eigenvalue weighted by atomic mass is 9.34. The molecule has 0 bridgehead atoms. The van der Waals surface area contributed by atoms with E-state index in [9.17, 15) is 15.3 Å². The van der Waals surface area contributed by atoms with E-state index in [1.54, 1.807) is 13.8 Å². The fourth-order valence-electron chi connectivity index (χ4n) is 10.5. The topological polar surface area (TPSA) is 60.7 Å². The molecule has 4 fully saturated rings. The van der Waals surface area contributed by atoms with Gasteiger partial charge in [-0.3, -0.25) is 0 Å². The van der Waals surface area contributed by atoms with E-state index in [1.165, 1.54) is 44.9 Å². The van der Waals surface area contributed by atoms with Crippen LogP contribution >= 0.6 is 0 Å². The van der Waals surface area contributed by atoms with Crippen LogP contribution in [0.2, 0.25) is 0 Å². The minimum atomic E-state index is -1.01. The van der Waals surface area contributed by atoms with Gasteiger partial charge in [0, 0.05) is 0 Å². The van der Waals surface area contributed by atoms with E-state index in [0.29, 0.717) is 51.8 Å². The summed E-state index contributed by atoms with van der Waals surface area (Å²) in [5.74, 6) is 3.15. The first-order chi connectivity index (χ1) is 15.1. The molecule has 0 amide bonds. The summed E-state index contributed by atoms with van der Waals surface area (Å²) in [6.07, 6.45) is 11.0. The Bertz CT molecular complexity index is 729. The second-order valence-corrected chi connectivity index (χ2v) is 14.7. The van der Waals surface area contributed by atoms with Crippen LogP contribution in [0.5, 0.6) is 0 Å². The van der Waals surface area contributed by atoms with E-state index in [1.807, 2.05) is 0 Å². The van der Waals surface area contributed by atoms with Crippen LogP contribution in [0, 0.1) is 51.2 Å². The van der Waals surface area contributed by atoms with Gasteiger partial charge in [-0.05, 0) is 129 Å². The summed E-state index contributed by atoms with van der Waals surface area (Å²) in [5, 5.41) is 31.3. The van der Waals surface area contributed by atoms with Crippen LogP contribution in [-0.2, 0) is 0 Å². The summed E-state index contributed by atoms with van der Waals surface area (Å²) < 4.78 is 0. The molecule has 3 heteroatoms. The van der Waals surface area contributed by atoms with Gasteiger partial charge >= 0.3 is 0 Å². The van der Waals surface area contributed by atoms with Crippen molar-refractivity contribution < 1.29 is 15.3 Å². The molecule has 3 nitrogen and oxygen atoms in total. The minimum absolute atomic E-state index is 0.108. The highest BCUT2D eigenvalue weighted by Gasteiger charge is 2.70. The van der Waals surface area contributed by atoms with Crippen LogP contribution in [0.4, 0.5) is 0 Å². The second-order valence-electron chi connectivity index (χ2n) is 14.7. The van der Waals surface area contributed by atoms with Crippen molar-refractivity contribution >= 4 is 0 Å². The molecule has 0 heterocycles. The summed E-state index contributed by atoms with van der Waals surface area (Å²) >= 11 is 0. The summed E-state index contributed by atoms with van der Waals surface area (Å²) in [7, 11) is 0. The van der Waals surface area contributed by atoms with Crippen molar-refractivity contribution in [2.75, 3.05) is 0 Å². The molecule has 0 aromatic heterocycles. The lowest BCUT2D eigenvalue weighted by Crippen LogP contribution is -2.64. The van der Waals surface area contributed by atoms with Crippen LogP contribution < -0.4 is 0 Å². The number of hydrogen-bond donors (Lipinski definition) is 3. The summed E-state index contributed by atoms with van der Waals surface area (Å²) in [5.41, 5.74) is 0.437. The highest BCUT2D eigenvalue weighted by molar-refractivity contribution is 5.19. The van der Waals surface area contributed by atoms with Crippen molar-refractivity contribution in [1.82, 2.24) is 0 Å². The molecule has 0 aliphatic heterocycles. The second kappa shape index (κ2) is 8.20. The molecule has 0 saturated heterocycles. The fraction of sp³-hybridized carbons (Fsp3) is 1.00. The maximum Gasteiger partial charge on any atom is 0.0849 e. The number of aliphatic hydroxyl groups excluding tert-OH is 2. The van der Waals surface area contributed by atoms with Crippen LogP contribution in [0.15, 0.2) is 0 Å². The van der Waals surface area contributed by atoms with Gasteiger partial charge in [0.2, 0.25) is 0 Å². The third kappa shape index (κ3) is 3.60. The Balaban J connectivity index is 1.57. The zero-order valence-electron chi connectivity index (χ0n) is 23.0. The maximum atomic E-state index is 10.7. The first-order valence-corrected chi connectivity index (χ1v) is 14.2. The van der Waals surface area contributed by atoms with Crippen LogP contribution in [0.25, 0.3) is 0 Å². The number of hydrogen-bond acceptors (Lipinski definition) is 3. The molecule has 4 saturated carbocycles. The molecule has 0 spiro atoms. The van der Waals surface area contributed by atoms with E-state index in [0.717, 1.165) is 18.8 Å². The van der Waals surface area contributed by atoms with Crippen molar-refractivity contribution in [3.63, 3.8) is 0 Å². The number of fused-ring (bicyclic) bond motifs is 5. The maximum absolute atomic E-state index is 10.7. The van der Waals surface area contributed by atoms with Gasteiger partial charge in [-0.15, -0.1) is 0 Å². The van der Waals surface area contributed by atoms with E-state index in [2.05, 4.69) is 41.5 Å².